The summed E-state index contributed by atoms with van der Waals surface area (Å²) in [7, 11) is -3.54. The van der Waals surface area contributed by atoms with Gasteiger partial charge in [0.15, 0.2) is 0 Å². The van der Waals surface area contributed by atoms with Crippen molar-refractivity contribution in [2.45, 2.75) is 17.2 Å². The summed E-state index contributed by atoms with van der Waals surface area (Å²) in [6, 6.07) is 4.78. The molecule has 100 valence electrons. The van der Waals surface area contributed by atoms with E-state index in [0.29, 0.717) is 18.0 Å². The average Bonchev–Trinajstić information content (AvgIpc) is 2.77. The van der Waals surface area contributed by atoms with Gasteiger partial charge in [0.1, 0.15) is 15.2 Å². The molecule has 1 aromatic rings. The molecule has 0 amide bonds. The first-order valence-corrected chi connectivity index (χ1v) is 7.64. The highest BCUT2D eigenvalue weighted by atomic mass is 32.2. The van der Waals surface area contributed by atoms with Crippen molar-refractivity contribution < 1.29 is 13.5 Å². The second-order valence-electron chi connectivity index (χ2n) is 3.68. The number of sulfonamides is 1. The molecule has 1 rings (SSSR count). The van der Waals surface area contributed by atoms with Crippen LogP contribution in [0, 0.1) is 11.3 Å². The minimum Gasteiger partial charge on any atom is -0.392 e. The molecule has 0 aliphatic heterocycles. The van der Waals surface area contributed by atoms with Gasteiger partial charge < -0.3 is 10.4 Å². The van der Waals surface area contributed by atoms with Gasteiger partial charge in [-0.3, -0.25) is 0 Å². The Labute approximate surface area is 110 Å². The molecule has 0 aliphatic rings. The molecule has 0 fully saturated rings. The lowest BCUT2D eigenvalue weighted by Gasteiger charge is -2.07. The van der Waals surface area contributed by atoms with Gasteiger partial charge in [0.05, 0.1) is 6.10 Å². The number of hydrogen-bond acceptors (Lipinski definition) is 6. The van der Waals surface area contributed by atoms with Crippen LogP contribution in [0.4, 0.5) is 0 Å². The van der Waals surface area contributed by atoms with Crippen LogP contribution in [0.3, 0.4) is 0 Å². The van der Waals surface area contributed by atoms with Crippen LogP contribution in [0.15, 0.2) is 16.3 Å². The van der Waals surface area contributed by atoms with Crippen LogP contribution < -0.4 is 10.0 Å². The summed E-state index contributed by atoms with van der Waals surface area (Å²) in [4.78, 5) is 0.364. The third-order valence-electron chi connectivity index (χ3n) is 1.99. The Morgan fingerprint density at radius 1 is 1.50 bits per heavy atom. The predicted molar refractivity (Wildman–Crippen MR) is 68.8 cm³/mol. The molecule has 0 saturated carbocycles. The van der Waals surface area contributed by atoms with Crippen molar-refractivity contribution in [3.63, 3.8) is 0 Å². The monoisotopic (exact) mass is 289 g/mol. The predicted octanol–water partition coefficient (Wildman–Crippen LogP) is -0.132. The largest absolute Gasteiger partial charge is 0.392 e. The lowest BCUT2D eigenvalue weighted by molar-refractivity contribution is 0.192. The summed E-state index contributed by atoms with van der Waals surface area (Å²) in [5, 5.41) is 20.5. The van der Waals surface area contributed by atoms with E-state index in [-0.39, 0.29) is 10.8 Å². The zero-order valence-corrected chi connectivity index (χ0v) is 11.5. The normalized spacial score (nSPS) is 13.2. The zero-order valence-electron chi connectivity index (χ0n) is 9.88. The molecule has 6 nitrogen and oxygen atoms in total. The van der Waals surface area contributed by atoms with Crippen molar-refractivity contribution in [1.29, 1.82) is 5.26 Å². The average molecular weight is 289 g/mol. The number of aliphatic hydroxyl groups is 1. The standard InChI is InChI=1S/C10H15N3O3S2/c1-8(14)7-12-4-5-13-18(15,16)10-3-2-9(6-11)17-10/h2-3,8,12-14H,4-5,7H2,1H3. The first-order valence-electron chi connectivity index (χ1n) is 5.34. The molecule has 1 unspecified atom stereocenters. The van der Waals surface area contributed by atoms with E-state index in [4.69, 9.17) is 10.4 Å². The molecule has 0 bridgehead atoms. The maximum absolute atomic E-state index is 11.8. The highest BCUT2D eigenvalue weighted by Crippen LogP contribution is 2.20. The fourth-order valence-electron chi connectivity index (χ4n) is 1.18. The molecule has 1 aromatic heterocycles. The maximum Gasteiger partial charge on any atom is 0.250 e. The van der Waals surface area contributed by atoms with E-state index in [1.807, 2.05) is 6.07 Å². The second kappa shape index (κ2) is 6.82. The Kier molecular flexibility index (Phi) is 5.71. The van der Waals surface area contributed by atoms with Crippen LogP contribution in [0.1, 0.15) is 11.8 Å². The SMILES string of the molecule is CC(O)CNCCNS(=O)(=O)c1ccc(C#N)s1. The molecule has 8 heteroatoms. The zero-order chi connectivity index (χ0) is 13.6. The lowest BCUT2D eigenvalue weighted by atomic mass is 10.4. The van der Waals surface area contributed by atoms with Crippen LogP contribution in [-0.2, 0) is 10.0 Å². The number of rotatable bonds is 7. The van der Waals surface area contributed by atoms with E-state index >= 15 is 0 Å². The number of aliphatic hydroxyl groups excluding tert-OH is 1. The van der Waals surface area contributed by atoms with Crippen molar-refractivity contribution in [2.24, 2.45) is 0 Å². The first-order chi connectivity index (χ1) is 8.45. The molecule has 0 aromatic carbocycles. The van der Waals surface area contributed by atoms with Gasteiger partial charge in [-0.2, -0.15) is 5.26 Å². The molecular weight excluding hydrogens is 274 g/mol. The number of hydrogen-bond donors (Lipinski definition) is 3. The molecule has 0 saturated heterocycles. The van der Waals surface area contributed by atoms with Gasteiger partial charge in [-0.1, -0.05) is 0 Å². The number of nitrogens with one attached hydrogen (secondary N) is 2. The Bertz CT molecular complexity index is 517. The van der Waals surface area contributed by atoms with E-state index in [0.717, 1.165) is 11.3 Å². The van der Waals surface area contributed by atoms with E-state index in [1.165, 1.54) is 12.1 Å². The van der Waals surface area contributed by atoms with Crippen molar-refractivity contribution >= 4 is 21.4 Å². The Balaban J connectivity index is 2.43. The van der Waals surface area contributed by atoms with Crippen molar-refractivity contribution in [2.75, 3.05) is 19.6 Å². The highest BCUT2D eigenvalue weighted by molar-refractivity contribution is 7.91. The lowest BCUT2D eigenvalue weighted by Crippen LogP contribution is -2.34. The Hall–Kier alpha value is -0.980. The third-order valence-corrected chi connectivity index (χ3v) is 4.93. The summed E-state index contributed by atoms with van der Waals surface area (Å²) < 4.78 is 26.1. The van der Waals surface area contributed by atoms with E-state index in [2.05, 4.69) is 10.0 Å². The summed E-state index contributed by atoms with van der Waals surface area (Å²) >= 11 is 0.937. The van der Waals surface area contributed by atoms with Crippen LogP contribution in [0.2, 0.25) is 0 Å². The second-order valence-corrected chi connectivity index (χ2v) is 6.76. The van der Waals surface area contributed by atoms with E-state index < -0.39 is 16.1 Å². The van der Waals surface area contributed by atoms with Gasteiger partial charge in [-0.25, -0.2) is 13.1 Å². The van der Waals surface area contributed by atoms with Gasteiger partial charge >= 0.3 is 0 Å². The number of nitrogens with zero attached hydrogens (tertiary/aromatic N) is 1. The fourth-order valence-corrected chi connectivity index (χ4v) is 3.36. The maximum atomic E-state index is 11.8. The third kappa shape index (κ3) is 4.72. The van der Waals surface area contributed by atoms with Crippen molar-refractivity contribution in [1.82, 2.24) is 10.0 Å². The molecule has 3 N–H and O–H groups in total. The van der Waals surface area contributed by atoms with Gasteiger partial charge in [0.2, 0.25) is 10.0 Å². The topological polar surface area (TPSA) is 102 Å². The van der Waals surface area contributed by atoms with Gasteiger partial charge in [0, 0.05) is 19.6 Å². The van der Waals surface area contributed by atoms with E-state index in [1.54, 1.807) is 6.92 Å². The van der Waals surface area contributed by atoms with Crippen LogP contribution >= 0.6 is 11.3 Å². The Morgan fingerprint density at radius 3 is 2.78 bits per heavy atom. The molecular formula is C10H15N3O3S2. The summed E-state index contributed by atoms with van der Waals surface area (Å²) in [6.07, 6.45) is -0.461. The van der Waals surface area contributed by atoms with Crippen molar-refractivity contribution in [3.8, 4) is 6.07 Å². The summed E-state index contributed by atoms with van der Waals surface area (Å²) in [5.74, 6) is 0. The fraction of sp³-hybridized carbons (Fsp3) is 0.500. The summed E-state index contributed by atoms with van der Waals surface area (Å²) in [6.45, 7) is 2.72. The summed E-state index contributed by atoms with van der Waals surface area (Å²) in [5.41, 5.74) is 0. The van der Waals surface area contributed by atoms with Gasteiger partial charge in [-0.15, -0.1) is 11.3 Å². The quantitative estimate of drug-likeness (QED) is 0.607. The van der Waals surface area contributed by atoms with Crippen molar-refractivity contribution in [3.05, 3.63) is 17.0 Å². The minimum absolute atomic E-state index is 0.134. The first kappa shape index (κ1) is 15.1. The van der Waals surface area contributed by atoms with E-state index in [9.17, 15) is 8.42 Å². The minimum atomic E-state index is -3.54. The smallest absolute Gasteiger partial charge is 0.250 e. The van der Waals surface area contributed by atoms with Crippen LogP contribution in [0.5, 0.6) is 0 Å². The molecule has 0 aliphatic carbocycles. The van der Waals surface area contributed by atoms with Crippen LogP contribution in [-0.4, -0.2) is 39.3 Å². The Morgan fingerprint density at radius 2 is 2.22 bits per heavy atom. The molecule has 18 heavy (non-hydrogen) atoms. The number of nitriles is 1. The highest BCUT2D eigenvalue weighted by Gasteiger charge is 2.15. The molecule has 0 radical (unpaired) electrons. The van der Waals surface area contributed by atoms with Gasteiger partial charge in [-0.05, 0) is 19.1 Å². The van der Waals surface area contributed by atoms with Gasteiger partial charge in [0.25, 0.3) is 0 Å². The number of thiophene rings is 1. The van der Waals surface area contributed by atoms with Crippen LogP contribution in [0.25, 0.3) is 0 Å². The molecule has 1 heterocycles. The molecule has 1 atom stereocenters. The molecule has 0 spiro atoms.